The molecule has 0 amide bonds. The molecular weight excluding hydrogens is 201 g/mol. The Morgan fingerprint density at radius 2 is 2.00 bits per heavy atom. The number of aldehydes is 1. The molecule has 0 aromatic carbocycles. The summed E-state index contributed by atoms with van der Waals surface area (Å²) in [7, 11) is 0. The summed E-state index contributed by atoms with van der Waals surface area (Å²) in [6.07, 6.45) is 2.70. The van der Waals surface area contributed by atoms with Crippen LogP contribution in [0.3, 0.4) is 0 Å². The van der Waals surface area contributed by atoms with Crippen molar-refractivity contribution in [2.45, 2.75) is 6.10 Å². The van der Waals surface area contributed by atoms with Gasteiger partial charge in [0.25, 0.3) is 0 Å². The average Bonchev–Trinajstić information content (AvgIpc) is 2.01. The zero-order valence-electron chi connectivity index (χ0n) is 6.08. The molecule has 1 heterocycles. The van der Waals surface area contributed by atoms with Crippen LogP contribution in [-0.4, -0.2) is 28.9 Å². The molecule has 0 aliphatic carbocycles. The Bertz CT molecular complexity index is 230. The molecule has 1 aliphatic heterocycles. The van der Waals surface area contributed by atoms with Gasteiger partial charge >= 0.3 is 0 Å². The maximum atomic E-state index is 10.1. The summed E-state index contributed by atoms with van der Waals surface area (Å²) >= 11 is 11.2. The lowest BCUT2D eigenvalue weighted by atomic mass is 10.2. The Kier molecular flexibility index (Phi) is 3.14. The van der Waals surface area contributed by atoms with Crippen LogP contribution in [0.4, 0.5) is 0 Å². The van der Waals surface area contributed by atoms with Crippen molar-refractivity contribution in [3.8, 4) is 0 Å². The van der Waals surface area contributed by atoms with E-state index >= 15 is 0 Å². The molecule has 0 spiro atoms. The molecule has 1 aliphatic rings. The van der Waals surface area contributed by atoms with Crippen LogP contribution in [0.1, 0.15) is 0 Å². The lowest BCUT2D eigenvalue weighted by molar-refractivity contribution is -0.108. The van der Waals surface area contributed by atoms with Crippen molar-refractivity contribution in [1.29, 1.82) is 0 Å². The van der Waals surface area contributed by atoms with Crippen molar-refractivity contribution in [1.82, 2.24) is 4.90 Å². The van der Waals surface area contributed by atoms with Crippen molar-refractivity contribution in [2.24, 2.45) is 0 Å². The predicted molar refractivity (Wildman–Crippen MR) is 46.6 cm³/mol. The molecular formula is C7H7Cl2NO2. The molecule has 0 aromatic rings. The van der Waals surface area contributed by atoms with Gasteiger partial charge in [-0.05, 0) is 0 Å². The number of halogens is 2. The molecule has 0 fully saturated rings. The molecule has 0 atom stereocenters. The second-order valence-corrected chi connectivity index (χ2v) is 3.17. The topological polar surface area (TPSA) is 40.5 Å². The van der Waals surface area contributed by atoms with Crippen LogP contribution in [-0.2, 0) is 4.79 Å². The third kappa shape index (κ3) is 2.00. The molecule has 3 nitrogen and oxygen atoms in total. The molecule has 12 heavy (non-hydrogen) atoms. The van der Waals surface area contributed by atoms with E-state index < -0.39 is 6.10 Å². The van der Waals surface area contributed by atoms with Crippen LogP contribution in [0.2, 0.25) is 0 Å². The molecule has 5 heteroatoms. The third-order valence-electron chi connectivity index (χ3n) is 1.39. The number of carbonyl (C=O) groups excluding carboxylic acids is 1. The molecule has 0 saturated heterocycles. The second-order valence-electron chi connectivity index (χ2n) is 2.29. The molecule has 1 N–H and O–H groups in total. The van der Waals surface area contributed by atoms with Gasteiger partial charge in [0.1, 0.15) is 12.4 Å². The lowest BCUT2D eigenvalue weighted by Crippen LogP contribution is -2.22. The molecule has 0 bridgehead atoms. The Balaban J connectivity index is 2.76. The minimum Gasteiger partial charge on any atom is -0.382 e. The van der Waals surface area contributed by atoms with E-state index in [1.807, 2.05) is 0 Å². The molecule has 0 radical (unpaired) electrons. The van der Waals surface area contributed by atoms with Gasteiger partial charge < -0.3 is 14.8 Å². The van der Waals surface area contributed by atoms with Gasteiger partial charge in [-0.15, -0.1) is 0 Å². The Morgan fingerprint density at radius 1 is 1.50 bits per heavy atom. The van der Waals surface area contributed by atoms with Crippen LogP contribution >= 0.6 is 23.2 Å². The number of hydrogen-bond acceptors (Lipinski definition) is 3. The number of aliphatic hydroxyl groups excluding tert-OH is 1. The second kappa shape index (κ2) is 3.94. The number of aliphatic hydroxyl groups is 1. The van der Waals surface area contributed by atoms with Crippen molar-refractivity contribution in [3.63, 3.8) is 0 Å². The van der Waals surface area contributed by atoms with E-state index in [2.05, 4.69) is 0 Å². The summed E-state index contributed by atoms with van der Waals surface area (Å²) in [6.45, 7) is 0.180. The SMILES string of the molecule is O=CCN1C=C(Cl)C(O)C(Cl)=C1. The summed E-state index contributed by atoms with van der Waals surface area (Å²) in [5.74, 6) is 0. The largest absolute Gasteiger partial charge is 0.382 e. The van der Waals surface area contributed by atoms with E-state index in [0.717, 1.165) is 6.29 Å². The summed E-state index contributed by atoms with van der Waals surface area (Å²) < 4.78 is 0. The molecule has 0 aromatic heterocycles. The minimum atomic E-state index is -0.948. The van der Waals surface area contributed by atoms with Gasteiger partial charge in [0.05, 0.1) is 16.6 Å². The molecule has 66 valence electrons. The maximum Gasteiger partial charge on any atom is 0.139 e. The fourth-order valence-electron chi connectivity index (χ4n) is 0.818. The van der Waals surface area contributed by atoms with Crippen LogP contribution in [0, 0.1) is 0 Å². The first-order chi connectivity index (χ1) is 5.65. The predicted octanol–water partition coefficient (Wildman–Crippen LogP) is 1.02. The highest BCUT2D eigenvalue weighted by Gasteiger charge is 2.18. The zero-order valence-corrected chi connectivity index (χ0v) is 7.59. The number of hydrogen-bond donors (Lipinski definition) is 1. The fourth-order valence-corrected chi connectivity index (χ4v) is 1.36. The van der Waals surface area contributed by atoms with Gasteiger partial charge in [-0.3, -0.25) is 0 Å². The van der Waals surface area contributed by atoms with Gasteiger partial charge in [0.15, 0.2) is 0 Å². The molecule has 0 unspecified atom stereocenters. The van der Waals surface area contributed by atoms with Crippen molar-refractivity contribution >= 4 is 29.5 Å². The highest BCUT2D eigenvalue weighted by atomic mass is 35.5. The van der Waals surface area contributed by atoms with Gasteiger partial charge in [-0.2, -0.15) is 0 Å². The number of nitrogens with zero attached hydrogens (tertiary/aromatic N) is 1. The normalized spacial score (nSPS) is 18.8. The maximum absolute atomic E-state index is 10.1. The first-order valence-corrected chi connectivity index (χ1v) is 4.02. The van der Waals surface area contributed by atoms with Gasteiger partial charge in [-0.25, -0.2) is 0 Å². The first kappa shape index (κ1) is 9.58. The quantitative estimate of drug-likeness (QED) is 0.688. The highest BCUT2D eigenvalue weighted by molar-refractivity contribution is 6.35. The van der Waals surface area contributed by atoms with E-state index in [-0.39, 0.29) is 16.6 Å². The van der Waals surface area contributed by atoms with Crippen molar-refractivity contribution in [3.05, 3.63) is 22.5 Å². The van der Waals surface area contributed by atoms with E-state index in [1.54, 1.807) is 0 Å². The fraction of sp³-hybridized carbons (Fsp3) is 0.286. The molecule has 1 rings (SSSR count). The van der Waals surface area contributed by atoms with E-state index in [0.29, 0.717) is 0 Å². The Hall–Kier alpha value is -0.510. The van der Waals surface area contributed by atoms with Crippen LogP contribution in [0.5, 0.6) is 0 Å². The average molecular weight is 208 g/mol. The van der Waals surface area contributed by atoms with Crippen LogP contribution in [0.25, 0.3) is 0 Å². The summed E-state index contributed by atoms with van der Waals surface area (Å²) in [5, 5.41) is 9.64. The first-order valence-electron chi connectivity index (χ1n) is 3.27. The third-order valence-corrected chi connectivity index (χ3v) is 1.99. The molecule has 0 saturated carbocycles. The van der Waals surface area contributed by atoms with Crippen LogP contribution in [0.15, 0.2) is 22.5 Å². The van der Waals surface area contributed by atoms with E-state index in [1.165, 1.54) is 17.3 Å². The van der Waals surface area contributed by atoms with Gasteiger partial charge in [0, 0.05) is 12.4 Å². The monoisotopic (exact) mass is 207 g/mol. The zero-order chi connectivity index (χ0) is 9.14. The van der Waals surface area contributed by atoms with Crippen molar-refractivity contribution in [2.75, 3.05) is 6.54 Å². The Morgan fingerprint density at radius 3 is 2.42 bits per heavy atom. The van der Waals surface area contributed by atoms with Crippen LogP contribution < -0.4 is 0 Å². The van der Waals surface area contributed by atoms with E-state index in [4.69, 9.17) is 23.2 Å². The Labute approximate surface area is 79.9 Å². The van der Waals surface area contributed by atoms with Gasteiger partial charge in [-0.1, -0.05) is 23.2 Å². The van der Waals surface area contributed by atoms with E-state index in [9.17, 15) is 9.90 Å². The smallest absolute Gasteiger partial charge is 0.139 e. The summed E-state index contributed by atoms with van der Waals surface area (Å²) in [5.41, 5.74) is 0. The van der Waals surface area contributed by atoms with Gasteiger partial charge in [0.2, 0.25) is 0 Å². The minimum absolute atomic E-state index is 0.180. The number of carbonyl (C=O) groups is 1. The summed E-state index contributed by atoms with van der Waals surface area (Å²) in [4.78, 5) is 11.6. The standard InChI is InChI=1S/C7H7Cl2NO2/c8-5-3-10(1-2-11)4-6(9)7(5)12/h2-4,7,12H,1H2. The van der Waals surface area contributed by atoms with Crippen molar-refractivity contribution < 1.29 is 9.90 Å². The highest BCUT2D eigenvalue weighted by Crippen LogP contribution is 2.24. The summed E-state index contributed by atoms with van der Waals surface area (Å²) in [6, 6.07) is 0. The number of rotatable bonds is 2. The lowest BCUT2D eigenvalue weighted by Gasteiger charge is -2.21.